The predicted octanol–water partition coefficient (Wildman–Crippen LogP) is 2.28. The van der Waals surface area contributed by atoms with Gasteiger partial charge in [-0.2, -0.15) is 9.50 Å². The first-order valence-corrected chi connectivity index (χ1v) is 10.0. The van der Waals surface area contributed by atoms with Crippen molar-refractivity contribution >= 4 is 33.5 Å². The predicted molar refractivity (Wildman–Crippen MR) is 116 cm³/mol. The van der Waals surface area contributed by atoms with Crippen LogP contribution < -0.4 is 19.7 Å². The molecule has 1 aliphatic heterocycles. The van der Waals surface area contributed by atoms with E-state index in [2.05, 4.69) is 16.7 Å². The molecule has 3 heterocycles. The highest BCUT2D eigenvalue weighted by Gasteiger charge is 2.33. The highest BCUT2D eigenvalue weighted by molar-refractivity contribution is 7.15. The molecule has 148 valence electrons. The Kier molecular flexibility index (Phi) is 4.22. The minimum atomic E-state index is -0.359. The first-order chi connectivity index (χ1) is 14.6. The van der Waals surface area contributed by atoms with Crippen molar-refractivity contribution in [3.63, 3.8) is 0 Å². The Morgan fingerprint density at radius 3 is 2.57 bits per heavy atom. The molecule has 0 aliphatic carbocycles. The number of fused-ring (bicyclic) bond motifs is 2. The van der Waals surface area contributed by atoms with Gasteiger partial charge in [-0.1, -0.05) is 47.7 Å². The second-order valence-electron chi connectivity index (χ2n) is 6.66. The third-order valence-electron chi connectivity index (χ3n) is 4.97. The molecule has 2 aromatic carbocycles. The molecule has 0 fully saturated rings. The number of rotatable bonds is 4. The lowest BCUT2D eigenvalue weighted by Gasteiger charge is -2.13. The van der Waals surface area contributed by atoms with E-state index in [0.717, 1.165) is 22.6 Å². The number of aromatic nitrogens is 3. The summed E-state index contributed by atoms with van der Waals surface area (Å²) >= 11 is 1.16. The molecule has 8 heteroatoms. The van der Waals surface area contributed by atoms with Crippen LogP contribution in [-0.4, -0.2) is 34.2 Å². The van der Waals surface area contributed by atoms with Crippen LogP contribution in [0, 0.1) is 0 Å². The normalized spacial score (nSPS) is 15.0. The van der Waals surface area contributed by atoms with E-state index in [4.69, 9.17) is 4.74 Å². The number of hydrogen-bond donors (Lipinski definition) is 0. The third-order valence-corrected chi connectivity index (χ3v) is 6.00. The average Bonchev–Trinajstić information content (AvgIpc) is 3.40. The zero-order valence-corrected chi connectivity index (χ0v) is 16.8. The molecule has 2 aromatic heterocycles. The molecule has 30 heavy (non-hydrogen) atoms. The summed E-state index contributed by atoms with van der Waals surface area (Å²) in [5.74, 6) is 0.805. The van der Waals surface area contributed by atoms with Crippen LogP contribution in [0.2, 0.25) is 0 Å². The number of carbonyl (C=O) groups excluding carboxylic acids is 1. The fourth-order valence-corrected chi connectivity index (χ4v) is 4.64. The molecule has 0 saturated heterocycles. The van der Waals surface area contributed by atoms with Crippen LogP contribution in [0.5, 0.6) is 5.75 Å². The maximum atomic E-state index is 13.2. The Morgan fingerprint density at radius 2 is 1.83 bits per heavy atom. The smallest absolute Gasteiger partial charge is 0.291 e. The molecule has 1 amide bonds. The Hall–Kier alpha value is -3.78. The Labute approximate surface area is 175 Å². The summed E-state index contributed by atoms with van der Waals surface area (Å²) in [5, 5.41) is 4.39. The quantitative estimate of drug-likeness (QED) is 0.477. The lowest BCUT2D eigenvalue weighted by Crippen LogP contribution is -2.32. The van der Waals surface area contributed by atoms with E-state index in [0.29, 0.717) is 38.7 Å². The van der Waals surface area contributed by atoms with Gasteiger partial charge < -0.3 is 9.64 Å². The van der Waals surface area contributed by atoms with Crippen LogP contribution in [0.3, 0.4) is 0 Å². The zero-order chi connectivity index (χ0) is 20.8. The van der Waals surface area contributed by atoms with Gasteiger partial charge in [-0.15, -0.1) is 11.7 Å². The molecule has 0 bridgehead atoms. The molecule has 5 rings (SSSR count). The van der Waals surface area contributed by atoms with Gasteiger partial charge in [0.15, 0.2) is 5.82 Å². The number of carbonyl (C=O) groups is 1. The second-order valence-corrected chi connectivity index (χ2v) is 7.64. The lowest BCUT2D eigenvalue weighted by molar-refractivity contribution is -0.112. The number of nitrogens with zero attached hydrogens (tertiary/aromatic N) is 4. The van der Waals surface area contributed by atoms with Crippen molar-refractivity contribution in [2.45, 2.75) is 0 Å². The van der Waals surface area contributed by atoms with Crippen molar-refractivity contribution in [2.24, 2.45) is 0 Å². The monoisotopic (exact) mass is 416 g/mol. The van der Waals surface area contributed by atoms with Gasteiger partial charge in [0, 0.05) is 12.1 Å². The fourth-order valence-electron chi connectivity index (χ4n) is 3.64. The van der Waals surface area contributed by atoms with E-state index in [1.54, 1.807) is 18.1 Å². The summed E-state index contributed by atoms with van der Waals surface area (Å²) in [6.45, 7) is 4.10. The number of methoxy groups -OCH3 is 1. The third kappa shape index (κ3) is 2.57. The van der Waals surface area contributed by atoms with E-state index in [1.807, 2.05) is 48.5 Å². The van der Waals surface area contributed by atoms with Crippen LogP contribution in [0.4, 0.5) is 5.69 Å². The summed E-state index contributed by atoms with van der Waals surface area (Å²) in [5.41, 5.74) is 2.22. The van der Waals surface area contributed by atoms with Gasteiger partial charge >= 0.3 is 0 Å². The Balaban J connectivity index is 1.73. The van der Waals surface area contributed by atoms with Gasteiger partial charge in [-0.3, -0.25) is 9.59 Å². The average molecular weight is 416 g/mol. The number of hydrogen-bond acceptors (Lipinski definition) is 6. The van der Waals surface area contributed by atoms with E-state index in [9.17, 15) is 9.59 Å². The summed E-state index contributed by atoms with van der Waals surface area (Å²) in [6.07, 6.45) is 1.66. The van der Waals surface area contributed by atoms with Crippen molar-refractivity contribution < 1.29 is 9.53 Å². The molecule has 4 aromatic rings. The minimum absolute atomic E-state index is 0.220. The van der Waals surface area contributed by atoms with Crippen molar-refractivity contribution in [1.82, 2.24) is 14.6 Å². The summed E-state index contributed by atoms with van der Waals surface area (Å²) in [7, 11) is 1.57. The molecular weight excluding hydrogens is 400 g/mol. The molecule has 0 N–H and O–H groups in total. The summed E-state index contributed by atoms with van der Waals surface area (Å²) in [6, 6.07) is 14.8. The van der Waals surface area contributed by atoms with Crippen molar-refractivity contribution in [3.8, 4) is 17.1 Å². The topological polar surface area (TPSA) is 76.8 Å². The second kappa shape index (κ2) is 6.93. The van der Waals surface area contributed by atoms with E-state index >= 15 is 0 Å². The van der Waals surface area contributed by atoms with Crippen LogP contribution >= 0.6 is 11.3 Å². The summed E-state index contributed by atoms with van der Waals surface area (Å²) < 4.78 is 6.95. The summed E-state index contributed by atoms with van der Waals surface area (Å²) in [4.78, 5) is 32.8. The molecule has 1 aliphatic rings. The highest BCUT2D eigenvalue weighted by Crippen LogP contribution is 2.35. The highest BCUT2D eigenvalue weighted by atomic mass is 32.1. The standard InChI is InChI=1S/C22H16N4O3S/c1-3-12-25-15-10-6-4-8-13(15)17(20(25)27)18-21(28)26-22(30-18)23-19(24-26)14-9-5-7-11-16(14)29-2/h3-11H,1,12H2,2H3. The number of amides is 1. The van der Waals surface area contributed by atoms with Crippen LogP contribution in [0.15, 0.2) is 66.0 Å². The SMILES string of the molecule is C=CCN1C(=O)C(=c2sc3nc(-c4ccccc4OC)nn3c2=O)c2ccccc21. The van der Waals surface area contributed by atoms with Gasteiger partial charge in [0.2, 0.25) is 4.96 Å². The zero-order valence-electron chi connectivity index (χ0n) is 16.0. The Bertz CT molecular complexity index is 1440. The van der Waals surface area contributed by atoms with Crippen LogP contribution in [0.1, 0.15) is 5.56 Å². The number of benzene rings is 2. The first-order valence-electron chi connectivity index (χ1n) is 9.23. The number of thiazole rings is 1. The van der Waals surface area contributed by atoms with Gasteiger partial charge in [-0.05, 0) is 18.2 Å². The van der Waals surface area contributed by atoms with Gasteiger partial charge in [0.25, 0.3) is 11.5 Å². The molecule has 7 nitrogen and oxygen atoms in total. The molecule has 0 radical (unpaired) electrons. The van der Waals surface area contributed by atoms with Gasteiger partial charge in [0.05, 0.1) is 23.9 Å². The fraction of sp³-hybridized carbons (Fsp3) is 0.0909. The van der Waals surface area contributed by atoms with E-state index < -0.39 is 0 Å². The van der Waals surface area contributed by atoms with Crippen LogP contribution in [-0.2, 0) is 4.79 Å². The van der Waals surface area contributed by atoms with Crippen molar-refractivity contribution in [1.29, 1.82) is 0 Å². The number of para-hydroxylation sites is 2. The molecule has 0 unspecified atom stereocenters. The molecule has 0 spiro atoms. The van der Waals surface area contributed by atoms with Crippen molar-refractivity contribution in [2.75, 3.05) is 18.6 Å². The number of ether oxygens (including phenoxy) is 1. The van der Waals surface area contributed by atoms with Gasteiger partial charge in [0.1, 0.15) is 10.3 Å². The van der Waals surface area contributed by atoms with Crippen LogP contribution in [0.25, 0.3) is 21.9 Å². The molecule has 0 atom stereocenters. The van der Waals surface area contributed by atoms with Gasteiger partial charge in [-0.25, -0.2) is 0 Å². The maximum absolute atomic E-state index is 13.2. The number of anilines is 1. The Morgan fingerprint density at radius 1 is 1.10 bits per heavy atom. The van der Waals surface area contributed by atoms with E-state index in [1.165, 1.54) is 4.52 Å². The van der Waals surface area contributed by atoms with Crippen molar-refractivity contribution in [3.05, 3.63) is 81.6 Å². The largest absolute Gasteiger partial charge is 0.496 e. The van der Waals surface area contributed by atoms with E-state index in [-0.39, 0.29) is 11.5 Å². The lowest BCUT2D eigenvalue weighted by atomic mass is 10.1. The minimum Gasteiger partial charge on any atom is -0.496 e. The molecule has 0 saturated carbocycles. The molecular formula is C22H16N4O3S. The maximum Gasteiger partial charge on any atom is 0.291 e. The first kappa shape index (κ1) is 18.3.